The van der Waals surface area contributed by atoms with Crippen LogP contribution in [0, 0.1) is 5.92 Å². The maximum absolute atomic E-state index is 12.3. The highest BCUT2D eigenvalue weighted by Crippen LogP contribution is 2.21. The second-order valence-corrected chi connectivity index (χ2v) is 5.54. The SMILES string of the molecule is CSc1ccccc1C(=O)N=C1N=C2C=CC=CC2C(=O)N1. The molecule has 1 aliphatic heterocycles. The summed E-state index contributed by atoms with van der Waals surface area (Å²) in [4.78, 5) is 33.3. The van der Waals surface area contributed by atoms with Crippen LogP contribution in [0.4, 0.5) is 0 Å². The van der Waals surface area contributed by atoms with E-state index < -0.39 is 11.8 Å². The number of hydrogen-bond acceptors (Lipinski definition) is 3. The van der Waals surface area contributed by atoms with Gasteiger partial charge in [0.05, 0.1) is 17.2 Å². The Labute approximate surface area is 131 Å². The number of amides is 2. The van der Waals surface area contributed by atoms with Crippen LogP contribution >= 0.6 is 11.8 Å². The Balaban J connectivity index is 1.92. The maximum atomic E-state index is 12.3. The number of thioether (sulfide) groups is 1. The number of rotatable bonds is 2. The molecular weight excluding hydrogens is 298 g/mol. The molecule has 1 atom stereocenters. The third-order valence-electron chi connectivity index (χ3n) is 3.30. The minimum Gasteiger partial charge on any atom is -0.294 e. The first kappa shape index (κ1) is 14.5. The number of carbonyl (C=O) groups excluding carboxylic acids is 2. The van der Waals surface area contributed by atoms with Crippen molar-refractivity contribution >= 4 is 35.2 Å². The number of nitrogens with one attached hydrogen (secondary N) is 1. The fourth-order valence-corrected chi connectivity index (χ4v) is 2.82. The number of benzene rings is 1. The zero-order valence-electron chi connectivity index (χ0n) is 11.8. The van der Waals surface area contributed by atoms with Crippen molar-refractivity contribution in [3.05, 3.63) is 54.1 Å². The van der Waals surface area contributed by atoms with E-state index in [2.05, 4.69) is 15.3 Å². The fourth-order valence-electron chi connectivity index (χ4n) is 2.23. The molecule has 5 nitrogen and oxygen atoms in total. The van der Waals surface area contributed by atoms with Crippen molar-refractivity contribution in [3.63, 3.8) is 0 Å². The fraction of sp³-hybridized carbons (Fsp3) is 0.125. The summed E-state index contributed by atoms with van der Waals surface area (Å²) < 4.78 is 0. The Bertz CT molecular complexity index is 762. The molecule has 0 saturated heterocycles. The standard InChI is InChI=1S/C16H13N3O2S/c1-22-13-9-5-3-7-11(13)15(21)19-16-17-12-8-4-2-6-10(12)14(20)18-16/h2-10H,1H3,(H,18,19,20,21). The Morgan fingerprint density at radius 2 is 2.14 bits per heavy atom. The molecule has 6 heteroatoms. The molecule has 0 radical (unpaired) electrons. The summed E-state index contributed by atoms with van der Waals surface area (Å²) in [5.74, 6) is -1.01. The van der Waals surface area contributed by atoms with E-state index in [1.807, 2.05) is 18.4 Å². The molecule has 1 aromatic carbocycles. The normalized spacial score (nSPS) is 21.3. The molecule has 110 valence electrons. The van der Waals surface area contributed by atoms with E-state index in [-0.39, 0.29) is 11.9 Å². The van der Waals surface area contributed by atoms with E-state index in [4.69, 9.17) is 0 Å². The van der Waals surface area contributed by atoms with Gasteiger partial charge in [0.1, 0.15) is 0 Å². The van der Waals surface area contributed by atoms with Crippen LogP contribution in [0.2, 0.25) is 0 Å². The van der Waals surface area contributed by atoms with E-state index >= 15 is 0 Å². The van der Waals surface area contributed by atoms with Gasteiger partial charge in [-0.3, -0.25) is 14.9 Å². The van der Waals surface area contributed by atoms with Gasteiger partial charge < -0.3 is 0 Å². The van der Waals surface area contributed by atoms with Crippen LogP contribution in [-0.2, 0) is 4.79 Å². The molecule has 22 heavy (non-hydrogen) atoms. The van der Waals surface area contributed by atoms with E-state index in [1.165, 1.54) is 11.8 Å². The molecule has 1 aromatic rings. The van der Waals surface area contributed by atoms with E-state index in [1.54, 1.807) is 36.4 Å². The quantitative estimate of drug-likeness (QED) is 0.851. The average molecular weight is 311 g/mol. The smallest absolute Gasteiger partial charge is 0.281 e. The van der Waals surface area contributed by atoms with Gasteiger partial charge in [0.15, 0.2) is 0 Å². The predicted molar refractivity (Wildman–Crippen MR) is 87.3 cm³/mol. The first-order valence-electron chi connectivity index (χ1n) is 6.69. The molecule has 2 aliphatic rings. The number of aliphatic imine (C=N–C) groups is 2. The Kier molecular flexibility index (Phi) is 4.02. The number of allylic oxidation sites excluding steroid dienone is 3. The average Bonchev–Trinajstić information content (AvgIpc) is 2.55. The van der Waals surface area contributed by atoms with Gasteiger partial charge >= 0.3 is 0 Å². The van der Waals surface area contributed by atoms with Crippen molar-refractivity contribution < 1.29 is 9.59 Å². The van der Waals surface area contributed by atoms with E-state index in [0.717, 1.165) is 4.90 Å². The monoisotopic (exact) mass is 311 g/mol. The van der Waals surface area contributed by atoms with Crippen molar-refractivity contribution in [2.75, 3.05) is 6.26 Å². The van der Waals surface area contributed by atoms with Crippen molar-refractivity contribution in [3.8, 4) is 0 Å². The van der Waals surface area contributed by atoms with Gasteiger partial charge in [-0.05, 0) is 24.5 Å². The van der Waals surface area contributed by atoms with Crippen LogP contribution in [0.3, 0.4) is 0 Å². The lowest BCUT2D eigenvalue weighted by Gasteiger charge is -2.20. The summed E-state index contributed by atoms with van der Waals surface area (Å²) in [6, 6.07) is 7.21. The molecule has 1 unspecified atom stereocenters. The first-order chi connectivity index (χ1) is 10.7. The van der Waals surface area contributed by atoms with Crippen LogP contribution in [-0.4, -0.2) is 29.7 Å². The van der Waals surface area contributed by atoms with Gasteiger partial charge in [-0.15, -0.1) is 11.8 Å². The third-order valence-corrected chi connectivity index (χ3v) is 4.09. The summed E-state index contributed by atoms with van der Waals surface area (Å²) in [5, 5.41) is 2.56. The lowest BCUT2D eigenvalue weighted by molar-refractivity contribution is -0.120. The second-order valence-electron chi connectivity index (χ2n) is 4.69. The maximum Gasteiger partial charge on any atom is 0.281 e. The predicted octanol–water partition coefficient (Wildman–Crippen LogP) is 2.22. The topological polar surface area (TPSA) is 70.9 Å². The van der Waals surface area contributed by atoms with Crippen LogP contribution in [0.25, 0.3) is 0 Å². The highest BCUT2D eigenvalue weighted by atomic mass is 32.2. The second kappa shape index (κ2) is 6.11. The molecule has 2 amide bonds. The highest BCUT2D eigenvalue weighted by Gasteiger charge is 2.28. The van der Waals surface area contributed by atoms with Gasteiger partial charge in [0.25, 0.3) is 5.91 Å². The molecular formula is C16H13N3O2S. The molecule has 0 saturated carbocycles. The molecule has 0 bridgehead atoms. The van der Waals surface area contributed by atoms with Crippen molar-refractivity contribution in [1.82, 2.24) is 5.32 Å². The number of carbonyl (C=O) groups is 2. The molecule has 0 fully saturated rings. The Hall–Kier alpha value is -2.47. The van der Waals surface area contributed by atoms with Crippen LogP contribution in [0.15, 0.2) is 63.4 Å². The molecule has 1 heterocycles. The Morgan fingerprint density at radius 3 is 2.95 bits per heavy atom. The highest BCUT2D eigenvalue weighted by molar-refractivity contribution is 7.98. The van der Waals surface area contributed by atoms with E-state index in [0.29, 0.717) is 11.3 Å². The molecule has 0 spiro atoms. The van der Waals surface area contributed by atoms with Crippen molar-refractivity contribution in [2.24, 2.45) is 15.9 Å². The van der Waals surface area contributed by atoms with Crippen LogP contribution in [0.1, 0.15) is 10.4 Å². The summed E-state index contributed by atoms with van der Waals surface area (Å²) in [6.45, 7) is 0. The molecule has 3 rings (SSSR count). The number of fused-ring (bicyclic) bond motifs is 1. The summed E-state index contributed by atoms with van der Waals surface area (Å²) in [5.41, 5.74) is 1.09. The third kappa shape index (κ3) is 2.78. The van der Waals surface area contributed by atoms with Crippen LogP contribution < -0.4 is 5.32 Å². The van der Waals surface area contributed by atoms with Gasteiger partial charge in [0.2, 0.25) is 11.9 Å². The van der Waals surface area contributed by atoms with Crippen molar-refractivity contribution in [1.29, 1.82) is 0 Å². The minimum atomic E-state index is -0.418. The van der Waals surface area contributed by atoms with E-state index in [9.17, 15) is 9.59 Å². The first-order valence-corrected chi connectivity index (χ1v) is 7.92. The summed E-state index contributed by atoms with van der Waals surface area (Å²) >= 11 is 1.47. The summed E-state index contributed by atoms with van der Waals surface area (Å²) in [7, 11) is 0. The Morgan fingerprint density at radius 1 is 1.32 bits per heavy atom. The van der Waals surface area contributed by atoms with Gasteiger partial charge in [-0.1, -0.05) is 30.4 Å². The zero-order chi connectivity index (χ0) is 15.5. The zero-order valence-corrected chi connectivity index (χ0v) is 12.6. The van der Waals surface area contributed by atoms with Gasteiger partial charge in [-0.25, -0.2) is 4.99 Å². The lowest BCUT2D eigenvalue weighted by atomic mass is 9.96. The molecule has 1 N–H and O–H groups in total. The number of guanidine groups is 1. The minimum absolute atomic E-state index is 0.0390. The van der Waals surface area contributed by atoms with Gasteiger partial charge in [-0.2, -0.15) is 4.99 Å². The largest absolute Gasteiger partial charge is 0.294 e. The molecule has 1 aliphatic carbocycles. The van der Waals surface area contributed by atoms with Gasteiger partial charge in [0, 0.05) is 4.90 Å². The lowest BCUT2D eigenvalue weighted by Crippen LogP contribution is -2.43. The van der Waals surface area contributed by atoms with Crippen LogP contribution in [0.5, 0.6) is 0 Å². The summed E-state index contributed by atoms with van der Waals surface area (Å²) in [6.07, 6.45) is 9.00. The van der Waals surface area contributed by atoms with Crippen molar-refractivity contribution in [2.45, 2.75) is 4.90 Å². The molecule has 0 aromatic heterocycles. The number of nitrogens with zero attached hydrogens (tertiary/aromatic N) is 2. The number of hydrogen-bond donors (Lipinski definition) is 1.